The van der Waals surface area contributed by atoms with Gasteiger partial charge in [-0.1, -0.05) is 17.7 Å². The van der Waals surface area contributed by atoms with E-state index < -0.39 is 12.1 Å². The van der Waals surface area contributed by atoms with Gasteiger partial charge in [0.25, 0.3) is 0 Å². The molecule has 0 bridgehead atoms. The fourth-order valence-electron chi connectivity index (χ4n) is 3.07. The minimum absolute atomic E-state index is 0.0628. The van der Waals surface area contributed by atoms with Gasteiger partial charge in [-0.2, -0.15) is 0 Å². The number of nitrogens with zero attached hydrogens (tertiary/aromatic N) is 3. The van der Waals surface area contributed by atoms with Gasteiger partial charge in [-0.3, -0.25) is 9.59 Å². The molecule has 25 heavy (non-hydrogen) atoms. The van der Waals surface area contributed by atoms with Crippen LogP contribution in [0.2, 0.25) is 0 Å². The van der Waals surface area contributed by atoms with Gasteiger partial charge in [0, 0.05) is 12.6 Å². The average Bonchev–Trinajstić information content (AvgIpc) is 2.96. The first kappa shape index (κ1) is 17.2. The predicted molar refractivity (Wildman–Crippen MR) is 93.7 cm³/mol. The molecule has 3 rings (SSSR count). The summed E-state index contributed by atoms with van der Waals surface area (Å²) in [5.74, 6) is 1.06. The topological polar surface area (TPSA) is 66.7 Å². The number of amides is 2. The summed E-state index contributed by atoms with van der Waals surface area (Å²) in [5.41, 5.74) is 2.70. The lowest BCUT2D eigenvalue weighted by Gasteiger charge is -2.40. The molecule has 6 heteroatoms. The maximum Gasteiger partial charge on any atom is 0.246 e. The van der Waals surface area contributed by atoms with Crippen molar-refractivity contribution in [2.24, 2.45) is 0 Å². The van der Waals surface area contributed by atoms with E-state index in [9.17, 15) is 9.59 Å². The van der Waals surface area contributed by atoms with Gasteiger partial charge in [0.05, 0.1) is 6.54 Å². The highest BCUT2D eigenvalue weighted by Crippen LogP contribution is 2.25. The zero-order chi connectivity index (χ0) is 18.3. The smallest absolute Gasteiger partial charge is 0.246 e. The molecule has 0 saturated carbocycles. The van der Waals surface area contributed by atoms with Crippen LogP contribution in [0.5, 0.6) is 0 Å². The van der Waals surface area contributed by atoms with Gasteiger partial charge in [0.2, 0.25) is 17.7 Å². The molecule has 0 N–H and O–H groups in total. The summed E-state index contributed by atoms with van der Waals surface area (Å²) in [4.78, 5) is 32.6. The summed E-state index contributed by atoms with van der Waals surface area (Å²) in [5, 5.41) is 0. The Hall–Kier alpha value is -2.63. The Morgan fingerprint density at radius 1 is 1.12 bits per heavy atom. The molecule has 6 nitrogen and oxygen atoms in total. The van der Waals surface area contributed by atoms with Crippen LogP contribution in [-0.4, -0.2) is 45.7 Å². The van der Waals surface area contributed by atoms with Crippen LogP contribution in [0, 0.1) is 13.8 Å². The molecule has 0 spiro atoms. The summed E-state index contributed by atoms with van der Waals surface area (Å²) in [7, 11) is 1.66. The summed E-state index contributed by atoms with van der Waals surface area (Å²) in [6.07, 6.45) is 0. The van der Waals surface area contributed by atoms with Crippen molar-refractivity contribution in [2.45, 2.75) is 46.3 Å². The molecular formula is C19H23N3O3. The van der Waals surface area contributed by atoms with Crippen LogP contribution in [0.3, 0.4) is 0 Å². The molecule has 132 valence electrons. The van der Waals surface area contributed by atoms with Crippen LogP contribution in [0.4, 0.5) is 0 Å². The number of aromatic nitrogens is 1. The van der Waals surface area contributed by atoms with Crippen molar-refractivity contribution in [1.29, 1.82) is 0 Å². The van der Waals surface area contributed by atoms with E-state index in [0.29, 0.717) is 17.3 Å². The minimum Gasteiger partial charge on any atom is -0.441 e. The summed E-state index contributed by atoms with van der Waals surface area (Å²) in [6, 6.07) is 6.94. The Labute approximate surface area is 147 Å². The number of hydrogen-bond acceptors (Lipinski definition) is 4. The fourth-order valence-corrected chi connectivity index (χ4v) is 3.07. The summed E-state index contributed by atoms with van der Waals surface area (Å²) >= 11 is 0. The van der Waals surface area contributed by atoms with Gasteiger partial charge in [0.1, 0.15) is 23.5 Å². The van der Waals surface area contributed by atoms with Crippen LogP contribution < -0.4 is 0 Å². The summed E-state index contributed by atoms with van der Waals surface area (Å²) in [6.45, 7) is 7.60. The molecule has 1 aliphatic heterocycles. The molecule has 1 saturated heterocycles. The number of piperazine rings is 1. The standard InChI is InChI=1S/C19H23N3O3/c1-11-7-6-8-15(9-11)17-20-16(14(4)25-17)10-22-13(3)18(23)21(5)12(2)19(22)24/h6-9,12-13H,10H2,1-5H3/t12-,13-/m0/s1. The zero-order valence-electron chi connectivity index (χ0n) is 15.2. The van der Waals surface area contributed by atoms with E-state index in [1.807, 2.05) is 38.1 Å². The highest BCUT2D eigenvalue weighted by molar-refractivity contribution is 5.96. The zero-order valence-corrected chi connectivity index (χ0v) is 15.2. The van der Waals surface area contributed by atoms with Gasteiger partial charge in [0.15, 0.2) is 0 Å². The molecule has 0 radical (unpaired) electrons. The van der Waals surface area contributed by atoms with Crippen molar-refractivity contribution in [3.05, 3.63) is 41.3 Å². The van der Waals surface area contributed by atoms with Gasteiger partial charge in [-0.25, -0.2) is 4.98 Å². The van der Waals surface area contributed by atoms with Crippen molar-refractivity contribution >= 4 is 11.8 Å². The Balaban J connectivity index is 1.88. The lowest BCUT2D eigenvalue weighted by atomic mass is 10.1. The Morgan fingerprint density at radius 3 is 2.52 bits per heavy atom. The number of likely N-dealkylation sites (N-methyl/N-ethyl adjacent to an activating group) is 1. The van der Waals surface area contributed by atoms with Crippen molar-refractivity contribution in [1.82, 2.24) is 14.8 Å². The van der Waals surface area contributed by atoms with E-state index in [0.717, 1.165) is 11.1 Å². The number of benzene rings is 1. The molecular weight excluding hydrogens is 318 g/mol. The van der Waals surface area contributed by atoms with Crippen LogP contribution in [-0.2, 0) is 16.1 Å². The number of rotatable bonds is 3. The third-order valence-corrected chi connectivity index (χ3v) is 4.87. The van der Waals surface area contributed by atoms with E-state index in [4.69, 9.17) is 4.42 Å². The molecule has 2 aromatic rings. The molecule has 1 aliphatic rings. The van der Waals surface area contributed by atoms with Crippen LogP contribution in [0.15, 0.2) is 28.7 Å². The second-order valence-electron chi connectivity index (χ2n) is 6.66. The van der Waals surface area contributed by atoms with E-state index in [-0.39, 0.29) is 18.4 Å². The number of carbonyl (C=O) groups is 2. The first-order valence-corrected chi connectivity index (χ1v) is 8.40. The first-order valence-electron chi connectivity index (χ1n) is 8.40. The van der Waals surface area contributed by atoms with Crippen LogP contribution >= 0.6 is 0 Å². The Morgan fingerprint density at radius 2 is 1.84 bits per heavy atom. The average molecular weight is 341 g/mol. The van der Waals surface area contributed by atoms with Gasteiger partial charge < -0.3 is 14.2 Å². The molecule has 1 fully saturated rings. The van der Waals surface area contributed by atoms with Crippen molar-refractivity contribution in [3.63, 3.8) is 0 Å². The first-order chi connectivity index (χ1) is 11.8. The maximum absolute atomic E-state index is 12.6. The molecule has 2 amide bonds. The second-order valence-corrected chi connectivity index (χ2v) is 6.66. The third-order valence-electron chi connectivity index (χ3n) is 4.87. The summed E-state index contributed by atoms with van der Waals surface area (Å²) < 4.78 is 5.80. The number of hydrogen-bond donors (Lipinski definition) is 0. The molecule has 2 atom stereocenters. The monoisotopic (exact) mass is 341 g/mol. The molecule has 2 heterocycles. The highest BCUT2D eigenvalue weighted by atomic mass is 16.4. The second kappa shape index (κ2) is 6.35. The third kappa shape index (κ3) is 3.04. The Kier molecular flexibility index (Phi) is 4.37. The SMILES string of the molecule is Cc1cccc(-c2nc(CN3C(=O)[C@H](C)N(C)C(=O)[C@@H]3C)c(C)o2)c1. The normalized spacial score (nSPS) is 21.2. The quantitative estimate of drug-likeness (QED) is 0.860. The van der Waals surface area contributed by atoms with E-state index >= 15 is 0 Å². The largest absolute Gasteiger partial charge is 0.441 e. The number of aryl methyl sites for hydroxylation is 2. The predicted octanol–water partition coefficient (Wildman–Crippen LogP) is 2.54. The Bertz CT molecular complexity index is 827. The van der Waals surface area contributed by atoms with Gasteiger partial charge in [-0.15, -0.1) is 0 Å². The molecule has 1 aromatic heterocycles. The lowest BCUT2D eigenvalue weighted by molar-refractivity contribution is -0.159. The van der Waals surface area contributed by atoms with Gasteiger partial charge in [-0.05, 0) is 39.8 Å². The molecule has 0 aliphatic carbocycles. The van der Waals surface area contributed by atoms with E-state index in [1.54, 1.807) is 25.8 Å². The maximum atomic E-state index is 12.6. The lowest BCUT2D eigenvalue weighted by Crippen LogP contribution is -2.61. The van der Waals surface area contributed by atoms with Crippen LogP contribution in [0.1, 0.15) is 30.9 Å². The van der Waals surface area contributed by atoms with E-state index in [2.05, 4.69) is 4.98 Å². The fraction of sp³-hybridized carbons (Fsp3) is 0.421. The van der Waals surface area contributed by atoms with Crippen LogP contribution in [0.25, 0.3) is 11.5 Å². The highest BCUT2D eigenvalue weighted by Gasteiger charge is 2.40. The molecule has 0 unspecified atom stereocenters. The van der Waals surface area contributed by atoms with Crippen molar-refractivity contribution < 1.29 is 14.0 Å². The molecule has 1 aromatic carbocycles. The van der Waals surface area contributed by atoms with Gasteiger partial charge >= 0.3 is 0 Å². The number of oxazole rings is 1. The van der Waals surface area contributed by atoms with E-state index in [1.165, 1.54) is 4.90 Å². The number of carbonyl (C=O) groups excluding carboxylic acids is 2. The van der Waals surface area contributed by atoms with Crippen molar-refractivity contribution in [2.75, 3.05) is 7.05 Å². The van der Waals surface area contributed by atoms with Crippen molar-refractivity contribution in [3.8, 4) is 11.5 Å². The minimum atomic E-state index is -0.507.